The second-order valence-corrected chi connectivity index (χ2v) is 6.84. The Morgan fingerprint density at radius 3 is 2.73 bits per heavy atom. The smallest absolute Gasteiger partial charge is 0.253 e. The number of rotatable bonds is 6. The summed E-state index contributed by atoms with van der Waals surface area (Å²) in [7, 11) is 0. The van der Waals surface area contributed by atoms with Crippen molar-refractivity contribution in [3.63, 3.8) is 0 Å². The molecule has 0 spiro atoms. The Bertz CT molecular complexity index is 631. The Hall–Kier alpha value is -1.66. The van der Waals surface area contributed by atoms with E-state index >= 15 is 0 Å². The minimum atomic E-state index is -0.0630. The number of nitrogens with zero attached hydrogens (tertiary/aromatic N) is 2. The molecule has 0 saturated heterocycles. The van der Waals surface area contributed by atoms with E-state index in [0.717, 1.165) is 22.9 Å². The molecular formula is C16H24N4OS. The fourth-order valence-electron chi connectivity index (χ4n) is 2.66. The maximum atomic E-state index is 12.6. The highest BCUT2D eigenvalue weighted by Crippen LogP contribution is 2.22. The summed E-state index contributed by atoms with van der Waals surface area (Å²) in [6.45, 7) is 8.64. The van der Waals surface area contributed by atoms with Gasteiger partial charge in [0, 0.05) is 35.6 Å². The molecule has 1 amide bonds. The Labute approximate surface area is 135 Å². The molecule has 0 aromatic carbocycles. The molecule has 2 aromatic heterocycles. The van der Waals surface area contributed by atoms with Gasteiger partial charge in [0.15, 0.2) is 5.13 Å². The van der Waals surface area contributed by atoms with Crippen LogP contribution in [0.2, 0.25) is 0 Å². The topological polar surface area (TPSA) is 72.9 Å². The number of aromatic nitrogens is 2. The van der Waals surface area contributed by atoms with Crippen molar-refractivity contribution in [3.05, 3.63) is 34.6 Å². The second kappa shape index (κ2) is 7.07. The summed E-state index contributed by atoms with van der Waals surface area (Å²) in [6.07, 6.45) is 2.65. The fraction of sp³-hybridized carbons (Fsp3) is 0.500. The Kier molecular flexibility index (Phi) is 5.37. The summed E-state index contributed by atoms with van der Waals surface area (Å²) in [5.41, 5.74) is 8.37. The molecule has 0 fully saturated rings. The highest BCUT2D eigenvalue weighted by Gasteiger charge is 2.20. The zero-order valence-corrected chi connectivity index (χ0v) is 14.4. The van der Waals surface area contributed by atoms with Gasteiger partial charge in [-0.1, -0.05) is 13.8 Å². The number of carbonyl (C=O) groups is 1. The molecule has 0 radical (unpaired) electrons. The lowest BCUT2D eigenvalue weighted by Crippen LogP contribution is -2.41. The maximum absolute atomic E-state index is 12.6. The number of nitrogens with one attached hydrogen (secondary N) is 1. The lowest BCUT2D eigenvalue weighted by molar-refractivity contribution is 0.0933. The van der Waals surface area contributed by atoms with E-state index in [1.165, 1.54) is 0 Å². The highest BCUT2D eigenvalue weighted by molar-refractivity contribution is 7.12. The SMILES string of the molecule is Cc1cc(C(=O)NC(CN)CC(C)C)c(C)n1-c1nccs1. The number of aryl methyl sites for hydroxylation is 1. The van der Waals surface area contributed by atoms with E-state index in [1.807, 2.05) is 29.9 Å². The molecule has 120 valence electrons. The first-order valence-electron chi connectivity index (χ1n) is 7.53. The van der Waals surface area contributed by atoms with Gasteiger partial charge in [-0.15, -0.1) is 11.3 Å². The zero-order chi connectivity index (χ0) is 16.3. The normalized spacial score (nSPS) is 12.6. The lowest BCUT2D eigenvalue weighted by atomic mass is 10.0. The maximum Gasteiger partial charge on any atom is 0.253 e. The minimum Gasteiger partial charge on any atom is -0.348 e. The predicted molar refractivity (Wildman–Crippen MR) is 90.7 cm³/mol. The van der Waals surface area contributed by atoms with Crippen LogP contribution in [0, 0.1) is 19.8 Å². The van der Waals surface area contributed by atoms with Crippen LogP contribution in [0.3, 0.4) is 0 Å². The standard InChI is InChI=1S/C16H24N4OS/c1-10(2)7-13(9-17)19-15(21)14-8-11(3)20(12(14)4)16-18-5-6-22-16/h5-6,8,10,13H,7,9,17H2,1-4H3,(H,19,21). The lowest BCUT2D eigenvalue weighted by Gasteiger charge is -2.18. The van der Waals surface area contributed by atoms with Crippen molar-refractivity contribution in [2.75, 3.05) is 6.54 Å². The molecule has 2 aromatic rings. The third-order valence-corrected chi connectivity index (χ3v) is 4.42. The average molecular weight is 320 g/mol. The summed E-state index contributed by atoms with van der Waals surface area (Å²) in [6, 6.07) is 1.92. The first-order chi connectivity index (χ1) is 10.4. The molecule has 3 N–H and O–H groups in total. The van der Waals surface area contributed by atoms with Gasteiger partial charge in [0.2, 0.25) is 0 Å². The molecular weight excluding hydrogens is 296 g/mol. The molecule has 2 heterocycles. The summed E-state index contributed by atoms with van der Waals surface area (Å²) in [5, 5.41) is 5.86. The van der Waals surface area contributed by atoms with E-state index in [9.17, 15) is 4.79 Å². The summed E-state index contributed by atoms with van der Waals surface area (Å²) >= 11 is 1.56. The molecule has 2 rings (SSSR count). The van der Waals surface area contributed by atoms with Gasteiger partial charge in [0.05, 0.1) is 5.56 Å². The monoisotopic (exact) mass is 320 g/mol. The van der Waals surface area contributed by atoms with Crippen LogP contribution in [0.5, 0.6) is 0 Å². The number of hydrogen-bond donors (Lipinski definition) is 2. The van der Waals surface area contributed by atoms with Gasteiger partial charge in [0.25, 0.3) is 5.91 Å². The van der Waals surface area contributed by atoms with E-state index in [2.05, 4.69) is 24.1 Å². The van der Waals surface area contributed by atoms with E-state index in [4.69, 9.17) is 5.73 Å². The van der Waals surface area contributed by atoms with Gasteiger partial charge < -0.3 is 11.1 Å². The van der Waals surface area contributed by atoms with Crippen LogP contribution in [0.1, 0.15) is 42.0 Å². The van der Waals surface area contributed by atoms with Crippen LogP contribution in [-0.4, -0.2) is 28.0 Å². The Balaban J connectivity index is 2.22. The van der Waals surface area contributed by atoms with Crippen LogP contribution < -0.4 is 11.1 Å². The number of thiazole rings is 1. The molecule has 5 nitrogen and oxygen atoms in total. The fourth-order valence-corrected chi connectivity index (χ4v) is 3.41. The van der Waals surface area contributed by atoms with E-state index < -0.39 is 0 Å². The molecule has 0 aliphatic heterocycles. The Morgan fingerprint density at radius 2 is 2.18 bits per heavy atom. The number of nitrogens with two attached hydrogens (primary N) is 1. The zero-order valence-electron chi connectivity index (χ0n) is 13.6. The predicted octanol–water partition coefficient (Wildman–Crippen LogP) is 2.65. The largest absolute Gasteiger partial charge is 0.348 e. The van der Waals surface area contributed by atoms with Crippen LogP contribution in [0.15, 0.2) is 17.6 Å². The van der Waals surface area contributed by atoms with Crippen molar-refractivity contribution in [2.24, 2.45) is 11.7 Å². The van der Waals surface area contributed by atoms with E-state index in [0.29, 0.717) is 18.0 Å². The number of hydrogen-bond acceptors (Lipinski definition) is 4. The molecule has 0 saturated carbocycles. The van der Waals surface area contributed by atoms with Crippen molar-refractivity contribution < 1.29 is 4.79 Å². The van der Waals surface area contributed by atoms with Gasteiger partial charge >= 0.3 is 0 Å². The molecule has 0 aliphatic carbocycles. The first-order valence-corrected chi connectivity index (χ1v) is 8.41. The number of carbonyl (C=O) groups excluding carboxylic acids is 1. The van der Waals surface area contributed by atoms with Crippen molar-refractivity contribution in [3.8, 4) is 5.13 Å². The van der Waals surface area contributed by atoms with Crippen LogP contribution in [-0.2, 0) is 0 Å². The molecule has 0 bridgehead atoms. The van der Waals surface area contributed by atoms with Crippen LogP contribution in [0.4, 0.5) is 0 Å². The van der Waals surface area contributed by atoms with Gasteiger partial charge in [0.1, 0.15) is 0 Å². The minimum absolute atomic E-state index is 0.00965. The van der Waals surface area contributed by atoms with Gasteiger partial charge in [-0.25, -0.2) is 4.98 Å². The van der Waals surface area contributed by atoms with Crippen molar-refractivity contribution in [2.45, 2.75) is 40.2 Å². The molecule has 0 aliphatic rings. The highest BCUT2D eigenvalue weighted by atomic mass is 32.1. The second-order valence-electron chi connectivity index (χ2n) is 5.97. The summed E-state index contributed by atoms with van der Waals surface area (Å²) in [5.74, 6) is 0.434. The third-order valence-electron chi connectivity index (χ3n) is 3.66. The third kappa shape index (κ3) is 3.56. The number of amides is 1. The molecule has 22 heavy (non-hydrogen) atoms. The van der Waals surface area contributed by atoms with E-state index in [-0.39, 0.29) is 11.9 Å². The first kappa shape index (κ1) is 16.7. The molecule has 1 atom stereocenters. The summed E-state index contributed by atoms with van der Waals surface area (Å²) < 4.78 is 2.01. The van der Waals surface area contributed by atoms with Crippen molar-refractivity contribution >= 4 is 17.2 Å². The Morgan fingerprint density at radius 1 is 1.45 bits per heavy atom. The van der Waals surface area contributed by atoms with Crippen molar-refractivity contribution in [1.29, 1.82) is 0 Å². The van der Waals surface area contributed by atoms with Crippen LogP contribution >= 0.6 is 11.3 Å². The quantitative estimate of drug-likeness (QED) is 0.859. The molecule has 6 heteroatoms. The molecule has 1 unspecified atom stereocenters. The average Bonchev–Trinajstić information content (AvgIpc) is 3.05. The van der Waals surface area contributed by atoms with Gasteiger partial charge in [-0.05, 0) is 32.3 Å². The van der Waals surface area contributed by atoms with Gasteiger partial charge in [-0.2, -0.15) is 0 Å². The summed E-state index contributed by atoms with van der Waals surface area (Å²) in [4.78, 5) is 16.9. The van der Waals surface area contributed by atoms with E-state index in [1.54, 1.807) is 17.5 Å². The van der Waals surface area contributed by atoms with Crippen LogP contribution in [0.25, 0.3) is 5.13 Å². The van der Waals surface area contributed by atoms with Gasteiger partial charge in [-0.3, -0.25) is 9.36 Å². The van der Waals surface area contributed by atoms with Crippen molar-refractivity contribution in [1.82, 2.24) is 14.9 Å².